The smallest absolute Gasteiger partial charge is 0.481 e. The van der Waals surface area contributed by atoms with Gasteiger partial charge in [0.25, 0.3) is 0 Å². The SMILES string of the molecule is CC1(C)CCC(C)(C)c2cc(-c3csc(N4CCC(CCCC(=O)O)CC4)n3)ccc21.O=C(O)C(F)(F)F. The first-order valence-corrected chi connectivity index (χ1v) is 13.9. The third-order valence-corrected chi connectivity index (χ3v) is 8.67. The number of carbonyl (C=O) groups is 2. The average molecular weight is 555 g/mol. The van der Waals surface area contributed by atoms with Gasteiger partial charge in [-0.3, -0.25) is 4.79 Å². The number of rotatable bonds is 6. The van der Waals surface area contributed by atoms with Crippen LogP contribution in [0.1, 0.15) is 83.8 Å². The summed E-state index contributed by atoms with van der Waals surface area (Å²) < 4.78 is 31.7. The Morgan fingerprint density at radius 3 is 2.18 bits per heavy atom. The quantitative estimate of drug-likeness (QED) is 0.390. The van der Waals surface area contributed by atoms with Crippen molar-refractivity contribution in [3.05, 3.63) is 34.7 Å². The van der Waals surface area contributed by atoms with E-state index in [1.54, 1.807) is 11.3 Å². The summed E-state index contributed by atoms with van der Waals surface area (Å²) in [4.78, 5) is 27.0. The molecule has 2 aromatic rings. The van der Waals surface area contributed by atoms with Gasteiger partial charge in [-0.25, -0.2) is 9.78 Å². The number of carboxylic acid groups (broad SMARTS) is 2. The molecule has 0 spiro atoms. The predicted octanol–water partition coefficient (Wildman–Crippen LogP) is 7.26. The summed E-state index contributed by atoms with van der Waals surface area (Å²) in [5, 5.41) is 19.3. The third kappa shape index (κ3) is 7.48. The maximum atomic E-state index is 10.7. The monoisotopic (exact) mass is 554 g/mol. The Morgan fingerprint density at radius 2 is 1.63 bits per heavy atom. The minimum Gasteiger partial charge on any atom is -0.481 e. The highest BCUT2D eigenvalue weighted by atomic mass is 32.1. The molecule has 1 saturated heterocycles. The topological polar surface area (TPSA) is 90.7 Å². The minimum absolute atomic E-state index is 0.211. The fraction of sp³-hybridized carbons (Fsp3) is 0.607. The molecule has 38 heavy (non-hydrogen) atoms. The van der Waals surface area contributed by atoms with Gasteiger partial charge in [-0.2, -0.15) is 13.2 Å². The highest BCUT2D eigenvalue weighted by molar-refractivity contribution is 7.14. The van der Waals surface area contributed by atoms with Crippen molar-refractivity contribution in [2.24, 2.45) is 5.92 Å². The maximum absolute atomic E-state index is 10.7. The molecule has 6 nitrogen and oxygen atoms in total. The second kappa shape index (κ2) is 11.6. The van der Waals surface area contributed by atoms with Crippen LogP contribution >= 0.6 is 11.3 Å². The number of hydrogen-bond donors (Lipinski definition) is 2. The Morgan fingerprint density at radius 1 is 1.05 bits per heavy atom. The lowest BCUT2D eigenvalue weighted by atomic mass is 9.63. The fourth-order valence-electron chi connectivity index (χ4n) is 5.24. The van der Waals surface area contributed by atoms with E-state index in [9.17, 15) is 18.0 Å². The zero-order valence-electron chi connectivity index (χ0n) is 22.4. The van der Waals surface area contributed by atoms with Crippen LogP contribution in [0.5, 0.6) is 0 Å². The number of nitrogens with zero attached hydrogens (tertiary/aromatic N) is 2. The molecule has 0 amide bonds. The third-order valence-electron chi connectivity index (χ3n) is 7.77. The predicted molar refractivity (Wildman–Crippen MR) is 143 cm³/mol. The molecule has 1 aromatic carbocycles. The Hall–Kier alpha value is -2.62. The van der Waals surface area contributed by atoms with Crippen molar-refractivity contribution in [3.63, 3.8) is 0 Å². The van der Waals surface area contributed by atoms with E-state index in [1.807, 2.05) is 0 Å². The summed E-state index contributed by atoms with van der Waals surface area (Å²) >= 11 is 1.75. The van der Waals surface area contributed by atoms with Crippen molar-refractivity contribution >= 4 is 28.4 Å². The van der Waals surface area contributed by atoms with E-state index >= 15 is 0 Å². The number of fused-ring (bicyclic) bond motifs is 1. The number of piperidine rings is 1. The molecule has 1 aromatic heterocycles. The van der Waals surface area contributed by atoms with Crippen LogP contribution in [0, 0.1) is 5.92 Å². The van der Waals surface area contributed by atoms with Crippen LogP contribution in [0.4, 0.5) is 18.3 Å². The van der Waals surface area contributed by atoms with Gasteiger partial charge >= 0.3 is 18.1 Å². The average Bonchev–Trinajstić information content (AvgIpc) is 3.32. The Kier molecular flexibility index (Phi) is 9.16. The number of aliphatic carboxylic acids is 2. The molecule has 1 aliphatic heterocycles. The highest BCUT2D eigenvalue weighted by Crippen LogP contribution is 2.47. The number of thiazole rings is 1. The Labute approximate surface area is 225 Å². The molecule has 0 unspecified atom stereocenters. The van der Waals surface area contributed by atoms with E-state index in [0.29, 0.717) is 12.3 Å². The number of alkyl halides is 3. The van der Waals surface area contributed by atoms with Crippen LogP contribution < -0.4 is 4.90 Å². The second-order valence-electron chi connectivity index (χ2n) is 11.6. The minimum atomic E-state index is -5.08. The summed E-state index contributed by atoms with van der Waals surface area (Å²) in [5.74, 6) is -2.78. The number of aromatic nitrogens is 1. The molecule has 10 heteroatoms. The molecular formula is C28H37F3N2O4S. The van der Waals surface area contributed by atoms with E-state index < -0.39 is 18.1 Å². The molecule has 2 aliphatic rings. The summed E-state index contributed by atoms with van der Waals surface area (Å²) in [6.07, 6.45) is 1.77. The fourth-order valence-corrected chi connectivity index (χ4v) is 6.13. The zero-order chi connectivity index (χ0) is 28.3. The van der Waals surface area contributed by atoms with E-state index in [0.717, 1.165) is 49.6 Å². The van der Waals surface area contributed by atoms with Crippen molar-refractivity contribution in [1.82, 2.24) is 4.98 Å². The van der Waals surface area contributed by atoms with Crippen LogP contribution in [0.15, 0.2) is 23.6 Å². The normalized spacial score (nSPS) is 18.8. The molecule has 1 aliphatic carbocycles. The van der Waals surface area contributed by atoms with Crippen molar-refractivity contribution in [1.29, 1.82) is 0 Å². The summed E-state index contributed by atoms with van der Waals surface area (Å²) in [6, 6.07) is 6.99. The lowest BCUT2D eigenvalue weighted by molar-refractivity contribution is -0.192. The van der Waals surface area contributed by atoms with E-state index in [-0.39, 0.29) is 10.8 Å². The lowest BCUT2D eigenvalue weighted by Gasteiger charge is -2.42. The molecule has 2 heterocycles. The van der Waals surface area contributed by atoms with Crippen LogP contribution in [-0.2, 0) is 20.4 Å². The summed E-state index contributed by atoms with van der Waals surface area (Å²) in [7, 11) is 0. The molecule has 0 radical (unpaired) electrons. The first-order chi connectivity index (χ1) is 17.6. The molecule has 4 rings (SSSR count). The molecule has 0 atom stereocenters. The molecular weight excluding hydrogens is 517 g/mol. The molecule has 0 bridgehead atoms. The number of carboxylic acids is 2. The Balaban J connectivity index is 0.000000505. The van der Waals surface area contributed by atoms with Gasteiger partial charge in [0, 0.05) is 30.5 Å². The van der Waals surface area contributed by atoms with Gasteiger partial charge in [-0.05, 0) is 72.5 Å². The van der Waals surface area contributed by atoms with Gasteiger partial charge in [0.15, 0.2) is 5.13 Å². The van der Waals surface area contributed by atoms with Crippen LogP contribution in [0.2, 0.25) is 0 Å². The van der Waals surface area contributed by atoms with Crippen LogP contribution in [-0.4, -0.2) is 46.4 Å². The van der Waals surface area contributed by atoms with Crippen molar-refractivity contribution in [3.8, 4) is 11.3 Å². The molecule has 1 fully saturated rings. The standard InChI is InChI=1S/C26H36N2O2S.C2HF3O2/c1-25(2)12-13-26(3,4)21-16-19(8-9-20(21)25)22-17-31-24(27-22)28-14-10-18(11-15-28)6-5-7-23(29)30;3-2(4,5)1(6)7/h8-9,16-18H,5-7,10-15H2,1-4H3,(H,29,30);(H,6,7). The van der Waals surface area contributed by atoms with Crippen molar-refractivity contribution in [2.75, 3.05) is 18.0 Å². The van der Waals surface area contributed by atoms with Gasteiger partial charge in [0.2, 0.25) is 0 Å². The van der Waals surface area contributed by atoms with E-state index in [4.69, 9.17) is 20.0 Å². The van der Waals surface area contributed by atoms with Gasteiger partial charge in [0.1, 0.15) is 0 Å². The van der Waals surface area contributed by atoms with Crippen molar-refractivity contribution in [2.45, 2.75) is 89.6 Å². The number of anilines is 1. The first kappa shape index (κ1) is 29.9. The first-order valence-electron chi connectivity index (χ1n) is 13.0. The largest absolute Gasteiger partial charge is 0.490 e. The van der Waals surface area contributed by atoms with E-state index in [2.05, 4.69) is 56.2 Å². The van der Waals surface area contributed by atoms with Gasteiger partial charge in [-0.15, -0.1) is 11.3 Å². The highest BCUT2D eigenvalue weighted by Gasteiger charge is 2.38. The summed E-state index contributed by atoms with van der Waals surface area (Å²) in [5.41, 5.74) is 5.75. The van der Waals surface area contributed by atoms with Gasteiger partial charge < -0.3 is 15.1 Å². The number of halogens is 3. The van der Waals surface area contributed by atoms with Crippen LogP contribution in [0.25, 0.3) is 11.3 Å². The number of benzene rings is 1. The van der Waals surface area contributed by atoms with Crippen molar-refractivity contribution < 1.29 is 33.0 Å². The maximum Gasteiger partial charge on any atom is 0.490 e. The molecule has 2 N–H and O–H groups in total. The zero-order valence-corrected chi connectivity index (χ0v) is 23.2. The lowest BCUT2D eigenvalue weighted by Crippen LogP contribution is -2.33. The number of hydrogen-bond acceptors (Lipinski definition) is 5. The van der Waals surface area contributed by atoms with Crippen LogP contribution in [0.3, 0.4) is 0 Å². The van der Waals surface area contributed by atoms with E-state index in [1.165, 1.54) is 29.5 Å². The molecule has 210 valence electrons. The molecule has 0 saturated carbocycles. The van der Waals surface area contributed by atoms with Gasteiger partial charge in [-0.1, -0.05) is 39.8 Å². The Bertz CT molecular complexity index is 1140. The van der Waals surface area contributed by atoms with Gasteiger partial charge in [0.05, 0.1) is 5.69 Å². The summed E-state index contributed by atoms with van der Waals surface area (Å²) in [6.45, 7) is 11.5. The second-order valence-corrected chi connectivity index (χ2v) is 12.4.